The number of allylic oxidation sites excluding steroid dienone is 1. The lowest BCUT2D eigenvalue weighted by Gasteiger charge is -2.29. The SMILES string of the molecule is CCC1=C2Cn3c(cc(C(C)(O)CC)c(COC=O)c3=O)C2Nc2ccc(O)cc21. The number of hydrogen-bond donors (Lipinski definition) is 3. The smallest absolute Gasteiger partial charge is 0.293 e. The number of anilines is 1. The van der Waals surface area contributed by atoms with Crippen LogP contribution in [0.5, 0.6) is 5.75 Å². The number of carbonyl (C=O) groups is 1. The summed E-state index contributed by atoms with van der Waals surface area (Å²) in [6, 6.07) is 6.88. The minimum atomic E-state index is -1.23. The molecule has 2 aliphatic rings. The zero-order valence-corrected chi connectivity index (χ0v) is 17.4. The van der Waals surface area contributed by atoms with E-state index in [0.29, 0.717) is 30.6 Å². The maximum Gasteiger partial charge on any atom is 0.293 e. The molecule has 30 heavy (non-hydrogen) atoms. The number of carbonyl (C=O) groups excluding carboxylic acids is 1. The van der Waals surface area contributed by atoms with Crippen LogP contribution >= 0.6 is 0 Å². The number of aromatic nitrogens is 1. The zero-order valence-electron chi connectivity index (χ0n) is 17.4. The van der Waals surface area contributed by atoms with Crippen molar-refractivity contribution in [2.24, 2.45) is 0 Å². The Bertz CT molecular complexity index is 1110. The Hall–Kier alpha value is -3.06. The monoisotopic (exact) mass is 410 g/mol. The van der Waals surface area contributed by atoms with Gasteiger partial charge in [-0.05, 0) is 60.7 Å². The molecule has 0 saturated heterocycles. The van der Waals surface area contributed by atoms with E-state index in [1.165, 1.54) is 0 Å². The number of pyridine rings is 1. The Morgan fingerprint density at radius 2 is 2.10 bits per heavy atom. The molecular formula is C23H26N2O5. The minimum Gasteiger partial charge on any atom is -0.508 e. The van der Waals surface area contributed by atoms with Gasteiger partial charge in [0.15, 0.2) is 0 Å². The van der Waals surface area contributed by atoms with Gasteiger partial charge in [-0.15, -0.1) is 0 Å². The van der Waals surface area contributed by atoms with Gasteiger partial charge in [0.1, 0.15) is 12.4 Å². The Morgan fingerprint density at radius 1 is 1.33 bits per heavy atom. The summed E-state index contributed by atoms with van der Waals surface area (Å²) in [4.78, 5) is 24.1. The van der Waals surface area contributed by atoms with Crippen LogP contribution in [0.25, 0.3) is 5.57 Å². The molecule has 158 valence electrons. The molecule has 7 heteroatoms. The number of nitrogens with zero attached hydrogens (tertiary/aromatic N) is 1. The molecule has 0 saturated carbocycles. The first-order valence-electron chi connectivity index (χ1n) is 10.2. The van der Waals surface area contributed by atoms with Gasteiger partial charge >= 0.3 is 0 Å². The highest BCUT2D eigenvalue weighted by Crippen LogP contribution is 2.46. The number of aliphatic hydroxyl groups is 1. The van der Waals surface area contributed by atoms with E-state index in [0.717, 1.165) is 34.5 Å². The van der Waals surface area contributed by atoms with Crippen LogP contribution in [0.1, 0.15) is 62.0 Å². The molecule has 0 radical (unpaired) electrons. The van der Waals surface area contributed by atoms with Crippen LogP contribution < -0.4 is 10.9 Å². The summed E-state index contributed by atoms with van der Waals surface area (Å²) in [6.45, 7) is 6.10. The molecular weight excluding hydrogens is 384 g/mol. The number of rotatable bonds is 6. The molecule has 2 aromatic rings. The molecule has 0 amide bonds. The van der Waals surface area contributed by atoms with Crippen molar-refractivity contribution in [3.8, 4) is 5.75 Å². The molecule has 0 spiro atoms. The predicted octanol–water partition coefficient (Wildman–Crippen LogP) is 3.19. The van der Waals surface area contributed by atoms with E-state index in [1.807, 2.05) is 19.1 Å². The summed E-state index contributed by atoms with van der Waals surface area (Å²) < 4.78 is 6.59. The van der Waals surface area contributed by atoms with E-state index in [1.54, 1.807) is 23.6 Å². The zero-order chi connectivity index (χ0) is 21.6. The van der Waals surface area contributed by atoms with Gasteiger partial charge in [-0.25, -0.2) is 0 Å². The molecule has 0 bridgehead atoms. The second-order valence-electron chi connectivity index (χ2n) is 8.05. The molecule has 4 rings (SSSR count). The van der Waals surface area contributed by atoms with Gasteiger partial charge < -0.3 is 24.8 Å². The first-order valence-corrected chi connectivity index (χ1v) is 10.2. The van der Waals surface area contributed by atoms with Crippen molar-refractivity contribution in [3.63, 3.8) is 0 Å². The van der Waals surface area contributed by atoms with E-state index in [2.05, 4.69) is 12.2 Å². The average Bonchev–Trinajstić information content (AvgIpc) is 3.09. The number of phenolic OH excluding ortho intramolecular Hbond substituents is 1. The third-order valence-corrected chi connectivity index (χ3v) is 6.34. The molecule has 2 atom stereocenters. The molecule has 2 aliphatic heterocycles. The number of fused-ring (bicyclic) bond motifs is 4. The van der Waals surface area contributed by atoms with Crippen LogP contribution in [0.15, 0.2) is 34.6 Å². The standard InChI is InChI=1S/C23H26N2O5/c1-4-14-15-8-13(27)6-7-19(15)24-21-16(14)10-25-20(21)9-18(23(3,29)5-2)17(22(25)28)11-30-12-26/h6-9,12,21,24,27,29H,4-5,10-11H2,1-3H3. The van der Waals surface area contributed by atoms with Crippen LogP contribution in [0.3, 0.4) is 0 Å². The molecule has 3 heterocycles. The third kappa shape index (κ3) is 3.01. The quantitative estimate of drug-likeness (QED) is 0.500. The van der Waals surface area contributed by atoms with Gasteiger partial charge in [0.25, 0.3) is 12.0 Å². The fourth-order valence-corrected chi connectivity index (χ4v) is 4.56. The summed E-state index contributed by atoms with van der Waals surface area (Å²) in [5.74, 6) is 0.197. The van der Waals surface area contributed by atoms with Crippen molar-refractivity contribution in [2.45, 2.75) is 58.4 Å². The molecule has 1 aromatic carbocycles. The Kier molecular flexibility index (Phi) is 4.94. The summed E-state index contributed by atoms with van der Waals surface area (Å²) in [5, 5.41) is 24.4. The van der Waals surface area contributed by atoms with E-state index < -0.39 is 5.60 Å². The van der Waals surface area contributed by atoms with Crippen molar-refractivity contribution in [1.29, 1.82) is 0 Å². The van der Waals surface area contributed by atoms with Crippen LogP contribution in [-0.2, 0) is 28.3 Å². The third-order valence-electron chi connectivity index (χ3n) is 6.34. The predicted molar refractivity (Wildman–Crippen MR) is 113 cm³/mol. The summed E-state index contributed by atoms with van der Waals surface area (Å²) in [6.07, 6.45) is 1.17. The van der Waals surface area contributed by atoms with Crippen LogP contribution in [-0.4, -0.2) is 21.3 Å². The Labute approximate surface area is 174 Å². The molecule has 0 aliphatic carbocycles. The topological polar surface area (TPSA) is 101 Å². The average molecular weight is 410 g/mol. The van der Waals surface area contributed by atoms with Gasteiger partial charge in [-0.1, -0.05) is 13.8 Å². The van der Waals surface area contributed by atoms with E-state index >= 15 is 0 Å². The fourth-order valence-electron chi connectivity index (χ4n) is 4.56. The second-order valence-corrected chi connectivity index (χ2v) is 8.05. The second kappa shape index (κ2) is 7.32. The maximum absolute atomic E-state index is 13.4. The van der Waals surface area contributed by atoms with Crippen molar-refractivity contribution in [2.75, 3.05) is 5.32 Å². The largest absolute Gasteiger partial charge is 0.508 e. The number of hydrogen-bond acceptors (Lipinski definition) is 6. The van der Waals surface area contributed by atoms with E-state index in [4.69, 9.17) is 4.74 Å². The van der Waals surface area contributed by atoms with Crippen molar-refractivity contribution in [3.05, 3.63) is 62.6 Å². The number of nitrogens with one attached hydrogen (secondary N) is 1. The normalized spacial score (nSPS) is 18.7. The number of aromatic hydroxyl groups is 1. The van der Waals surface area contributed by atoms with Crippen molar-refractivity contribution < 1.29 is 19.7 Å². The fraction of sp³-hybridized carbons (Fsp3) is 0.391. The van der Waals surface area contributed by atoms with Gasteiger partial charge in [0, 0.05) is 23.5 Å². The van der Waals surface area contributed by atoms with Crippen molar-refractivity contribution in [1.82, 2.24) is 4.57 Å². The summed E-state index contributed by atoms with van der Waals surface area (Å²) in [5.41, 5.74) is 4.08. The molecule has 7 nitrogen and oxygen atoms in total. The highest BCUT2D eigenvalue weighted by atomic mass is 16.5. The Balaban J connectivity index is 1.93. The Morgan fingerprint density at radius 3 is 2.77 bits per heavy atom. The van der Waals surface area contributed by atoms with Crippen LogP contribution in [0.4, 0.5) is 5.69 Å². The van der Waals surface area contributed by atoms with Gasteiger partial charge in [0.2, 0.25) is 0 Å². The maximum atomic E-state index is 13.4. The lowest BCUT2D eigenvalue weighted by molar-refractivity contribution is -0.129. The first kappa shape index (κ1) is 20.2. The lowest BCUT2D eigenvalue weighted by atomic mass is 9.86. The highest BCUT2D eigenvalue weighted by molar-refractivity contribution is 5.84. The van der Waals surface area contributed by atoms with Crippen LogP contribution in [0, 0.1) is 0 Å². The van der Waals surface area contributed by atoms with Gasteiger partial charge in [0.05, 0.1) is 17.2 Å². The molecule has 1 aromatic heterocycles. The number of phenols is 1. The van der Waals surface area contributed by atoms with Gasteiger partial charge in [-0.3, -0.25) is 9.59 Å². The molecule has 3 N–H and O–H groups in total. The van der Waals surface area contributed by atoms with E-state index in [-0.39, 0.29) is 24.0 Å². The minimum absolute atomic E-state index is 0.181. The molecule has 0 fully saturated rings. The number of ether oxygens (including phenoxy) is 1. The number of benzene rings is 1. The summed E-state index contributed by atoms with van der Waals surface area (Å²) >= 11 is 0. The first-order chi connectivity index (χ1) is 14.3. The molecule has 2 unspecified atom stereocenters. The van der Waals surface area contributed by atoms with E-state index in [9.17, 15) is 19.8 Å². The lowest BCUT2D eigenvalue weighted by Crippen LogP contribution is -2.32. The highest BCUT2D eigenvalue weighted by Gasteiger charge is 2.38. The van der Waals surface area contributed by atoms with Crippen molar-refractivity contribution >= 4 is 17.7 Å². The van der Waals surface area contributed by atoms with Gasteiger partial charge in [-0.2, -0.15) is 0 Å². The summed E-state index contributed by atoms with van der Waals surface area (Å²) in [7, 11) is 0. The van der Waals surface area contributed by atoms with Crippen LogP contribution in [0.2, 0.25) is 0 Å².